The molecule has 90 valence electrons. The van der Waals surface area contributed by atoms with Crippen LogP contribution in [0, 0.1) is 20.2 Å². The number of hydrogen-bond acceptors (Lipinski definition) is 6. The summed E-state index contributed by atoms with van der Waals surface area (Å²) in [7, 11) is 0. The molecular formula is C6H12N4O4Pt. The van der Waals surface area contributed by atoms with Crippen molar-refractivity contribution < 1.29 is 30.9 Å². The molecule has 1 rings (SSSR count). The van der Waals surface area contributed by atoms with Crippen molar-refractivity contribution in [3.63, 3.8) is 0 Å². The summed E-state index contributed by atoms with van der Waals surface area (Å²) in [4.78, 5) is 19.5. The minimum atomic E-state index is -2.43. The zero-order chi connectivity index (χ0) is 11.0. The van der Waals surface area contributed by atoms with Gasteiger partial charge in [0.2, 0.25) is 5.66 Å². The van der Waals surface area contributed by atoms with Crippen LogP contribution in [-0.2, 0) is 21.1 Å². The Hall–Kier alpha value is -0.592. The van der Waals surface area contributed by atoms with E-state index in [0.717, 1.165) is 0 Å². The summed E-state index contributed by atoms with van der Waals surface area (Å²) in [5.41, 5.74) is 6.62. The van der Waals surface area contributed by atoms with Gasteiger partial charge in [-0.3, -0.25) is 20.2 Å². The Bertz CT molecular complexity index is 268. The van der Waals surface area contributed by atoms with Crippen LogP contribution in [0.15, 0.2) is 0 Å². The first kappa shape index (κ1) is 14.4. The summed E-state index contributed by atoms with van der Waals surface area (Å²) in [6.45, 7) is 0. The van der Waals surface area contributed by atoms with Crippen molar-refractivity contribution in [3.8, 4) is 0 Å². The van der Waals surface area contributed by atoms with E-state index in [4.69, 9.17) is 11.5 Å². The summed E-state index contributed by atoms with van der Waals surface area (Å²) in [6, 6.07) is 0. The van der Waals surface area contributed by atoms with E-state index < -0.39 is 21.2 Å². The second-order valence-corrected chi connectivity index (χ2v) is 3.58. The van der Waals surface area contributed by atoms with E-state index in [1.165, 1.54) is 0 Å². The molecule has 0 radical (unpaired) electrons. The van der Waals surface area contributed by atoms with Gasteiger partial charge in [-0.1, -0.05) is 0 Å². The molecule has 0 atom stereocenters. The fourth-order valence-electron chi connectivity index (χ4n) is 1.81. The predicted molar refractivity (Wildman–Crippen MR) is 46.3 cm³/mol. The van der Waals surface area contributed by atoms with Gasteiger partial charge in [-0.05, 0) is 19.3 Å². The molecule has 0 aromatic heterocycles. The van der Waals surface area contributed by atoms with Gasteiger partial charge in [-0.25, -0.2) is 0 Å². The molecule has 0 aromatic rings. The van der Waals surface area contributed by atoms with Gasteiger partial charge in [0.25, 0.3) is 0 Å². The van der Waals surface area contributed by atoms with Gasteiger partial charge in [-0.15, -0.1) is 0 Å². The smallest absolute Gasteiger partial charge is 0.301 e. The Balaban J connectivity index is 0.00000196. The summed E-state index contributed by atoms with van der Waals surface area (Å²) >= 11 is 0. The Labute approximate surface area is 99.9 Å². The van der Waals surface area contributed by atoms with Gasteiger partial charge < -0.3 is 11.5 Å². The minimum Gasteiger partial charge on any atom is -0.301 e. The largest absolute Gasteiger partial charge is 0.488 e. The molecule has 0 heterocycles. The molecule has 9 heteroatoms. The Morgan fingerprint density at radius 3 is 1.67 bits per heavy atom. The minimum absolute atomic E-state index is 0. The molecule has 1 aliphatic rings. The maximum atomic E-state index is 10.7. The molecule has 1 fully saturated rings. The van der Waals surface area contributed by atoms with Gasteiger partial charge in [0.15, 0.2) is 0 Å². The number of nitro groups is 2. The van der Waals surface area contributed by atoms with Gasteiger partial charge in [0, 0.05) is 21.1 Å². The third kappa shape index (κ3) is 2.02. The van der Waals surface area contributed by atoms with Crippen LogP contribution in [0.25, 0.3) is 0 Å². The van der Waals surface area contributed by atoms with E-state index >= 15 is 0 Å². The van der Waals surface area contributed by atoms with Crippen LogP contribution in [0.2, 0.25) is 0 Å². The monoisotopic (exact) mass is 399 g/mol. The maximum absolute atomic E-state index is 10.7. The van der Waals surface area contributed by atoms with Crippen molar-refractivity contribution in [1.82, 2.24) is 0 Å². The quantitative estimate of drug-likeness (QED) is 0.362. The normalized spacial score (nSPS) is 22.5. The summed E-state index contributed by atoms with van der Waals surface area (Å²) in [5.74, 6) is 0. The summed E-state index contributed by atoms with van der Waals surface area (Å²) < 4.78 is 0. The zero-order valence-corrected chi connectivity index (χ0v) is 10.1. The molecule has 4 N–H and O–H groups in total. The Morgan fingerprint density at radius 1 is 1.00 bits per heavy atom. The van der Waals surface area contributed by atoms with Crippen LogP contribution in [0.1, 0.15) is 25.7 Å². The van der Waals surface area contributed by atoms with Crippen LogP contribution in [0.4, 0.5) is 0 Å². The fraction of sp³-hybridized carbons (Fsp3) is 1.00. The molecule has 1 aliphatic carbocycles. The van der Waals surface area contributed by atoms with Gasteiger partial charge in [0.05, 0.1) is 6.42 Å². The molecule has 0 amide bonds. The van der Waals surface area contributed by atoms with E-state index in [2.05, 4.69) is 0 Å². The average molecular weight is 399 g/mol. The van der Waals surface area contributed by atoms with Gasteiger partial charge in [-0.2, -0.15) is 0 Å². The van der Waals surface area contributed by atoms with Crippen LogP contribution < -0.4 is 11.5 Å². The molecular weight excluding hydrogens is 387 g/mol. The van der Waals surface area contributed by atoms with Crippen molar-refractivity contribution >= 4 is 0 Å². The van der Waals surface area contributed by atoms with Crippen LogP contribution in [0.3, 0.4) is 0 Å². The Kier molecular flexibility index (Phi) is 4.33. The van der Waals surface area contributed by atoms with Crippen LogP contribution in [0.5, 0.6) is 0 Å². The van der Waals surface area contributed by atoms with Crippen molar-refractivity contribution in [1.29, 1.82) is 0 Å². The molecule has 15 heavy (non-hydrogen) atoms. The summed E-state index contributed by atoms with van der Waals surface area (Å²) in [6.07, 6.45) is 0.865. The number of nitrogens with zero attached hydrogens (tertiary/aromatic N) is 2. The first-order valence-electron chi connectivity index (χ1n) is 4.21. The molecule has 0 aromatic carbocycles. The van der Waals surface area contributed by atoms with Crippen LogP contribution >= 0.6 is 0 Å². The van der Waals surface area contributed by atoms with Gasteiger partial charge in [0.1, 0.15) is 9.85 Å². The van der Waals surface area contributed by atoms with Crippen molar-refractivity contribution in [2.24, 2.45) is 11.5 Å². The second-order valence-electron chi connectivity index (χ2n) is 3.58. The molecule has 0 bridgehead atoms. The maximum Gasteiger partial charge on any atom is 0.488 e. The standard InChI is InChI=1S/C6H12N4O4.Pt/c7-5(8)3-1-2-4-6(5,9(11)12)10(13)14;/h1-4,7-8H2;. The first-order valence-corrected chi connectivity index (χ1v) is 4.21. The number of hydrogen-bond donors (Lipinski definition) is 2. The molecule has 1 saturated carbocycles. The average Bonchev–Trinajstić information content (AvgIpc) is 2.02. The third-order valence-electron chi connectivity index (χ3n) is 2.72. The predicted octanol–water partition coefficient (Wildman–Crippen LogP) is -0.579. The Morgan fingerprint density at radius 2 is 1.40 bits per heavy atom. The first-order chi connectivity index (χ1) is 6.34. The molecule has 0 spiro atoms. The molecule has 8 nitrogen and oxygen atoms in total. The molecule has 0 unspecified atom stereocenters. The van der Waals surface area contributed by atoms with Crippen molar-refractivity contribution in [3.05, 3.63) is 20.2 Å². The summed E-state index contributed by atoms with van der Waals surface area (Å²) in [5, 5.41) is 21.5. The van der Waals surface area contributed by atoms with E-state index in [1.807, 2.05) is 0 Å². The zero-order valence-electron chi connectivity index (χ0n) is 7.83. The van der Waals surface area contributed by atoms with E-state index in [1.54, 1.807) is 0 Å². The van der Waals surface area contributed by atoms with E-state index in [9.17, 15) is 20.2 Å². The van der Waals surface area contributed by atoms with Crippen LogP contribution in [-0.4, -0.2) is 21.2 Å². The SMILES string of the molecule is NC1(N)CCCCC1([N+](=O)[O-])[N+](=O)[O-].[Pt]. The molecule has 0 aliphatic heterocycles. The second kappa shape index (κ2) is 4.50. The number of rotatable bonds is 2. The van der Waals surface area contributed by atoms with Gasteiger partial charge >= 0.3 is 5.66 Å². The van der Waals surface area contributed by atoms with E-state index in [-0.39, 0.29) is 33.9 Å². The number of nitrogens with two attached hydrogens (primary N) is 2. The third-order valence-corrected chi connectivity index (χ3v) is 2.72. The van der Waals surface area contributed by atoms with Crippen molar-refractivity contribution in [2.75, 3.05) is 0 Å². The van der Waals surface area contributed by atoms with Crippen molar-refractivity contribution in [2.45, 2.75) is 37.0 Å². The van der Waals surface area contributed by atoms with E-state index in [0.29, 0.717) is 12.8 Å². The fourth-order valence-corrected chi connectivity index (χ4v) is 1.81. The molecule has 0 saturated heterocycles. The topological polar surface area (TPSA) is 138 Å².